The van der Waals surface area contributed by atoms with Crippen molar-refractivity contribution < 1.29 is 13.3 Å². The molecule has 0 saturated heterocycles. The Kier molecular flexibility index (Phi) is 4.58. The Morgan fingerprint density at radius 1 is 1.24 bits per heavy atom. The van der Waals surface area contributed by atoms with E-state index in [0.29, 0.717) is 16.5 Å². The van der Waals surface area contributed by atoms with Crippen molar-refractivity contribution in [3.63, 3.8) is 0 Å². The summed E-state index contributed by atoms with van der Waals surface area (Å²) in [5, 5.41) is 11.6. The summed E-state index contributed by atoms with van der Waals surface area (Å²) in [6.07, 6.45) is 1.42. The van der Waals surface area contributed by atoms with Crippen molar-refractivity contribution in [2.24, 2.45) is 5.73 Å². The van der Waals surface area contributed by atoms with Gasteiger partial charge >= 0.3 is 0 Å². The third kappa shape index (κ3) is 3.04. The van der Waals surface area contributed by atoms with Gasteiger partial charge in [0.15, 0.2) is 0 Å². The van der Waals surface area contributed by atoms with Crippen LogP contribution in [0.25, 0.3) is 10.9 Å². The first kappa shape index (κ1) is 17.9. The van der Waals surface area contributed by atoms with Crippen LogP contribution in [0.4, 0.5) is 5.69 Å². The highest BCUT2D eigenvalue weighted by Crippen LogP contribution is 2.31. The second-order valence-corrected chi connectivity index (χ2v) is 8.33. The summed E-state index contributed by atoms with van der Waals surface area (Å²) >= 11 is 9.11. The van der Waals surface area contributed by atoms with E-state index in [2.05, 4.69) is 15.9 Å². The SMILES string of the molecule is NCc1cn(S(=O)(=O)c2ccc(Cl)c([N+](=O)[O-])c2)c2ccc(Br)cc12. The molecule has 25 heavy (non-hydrogen) atoms. The first-order chi connectivity index (χ1) is 11.8. The number of nitrogens with zero attached hydrogens (tertiary/aromatic N) is 2. The number of fused-ring (bicyclic) bond motifs is 1. The van der Waals surface area contributed by atoms with Gasteiger partial charge in [0.05, 0.1) is 15.3 Å². The average Bonchev–Trinajstić information content (AvgIpc) is 2.93. The van der Waals surface area contributed by atoms with Crippen molar-refractivity contribution >= 4 is 54.1 Å². The number of nitrogens with two attached hydrogens (primary N) is 1. The monoisotopic (exact) mass is 443 g/mol. The molecule has 0 amide bonds. The van der Waals surface area contributed by atoms with Crippen LogP contribution in [-0.4, -0.2) is 17.3 Å². The van der Waals surface area contributed by atoms with Crippen molar-refractivity contribution in [1.29, 1.82) is 0 Å². The molecule has 0 unspecified atom stereocenters. The van der Waals surface area contributed by atoms with Crippen LogP contribution in [-0.2, 0) is 16.6 Å². The predicted molar refractivity (Wildman–Crippen MR) is 98.2 cm³/mol. The second-order valence-electron chi connectivity index (χ2n) is 5.19. The molecule has 0 atom stereocenters. The highest BCUT2D eigenvalue weighted by Gasteiger charge is 2.24. The van der Waals surface area contributed by atoms with E-state index < -0.39 is 20.6 Å². The van der Waals surface area contributed by atoms with Gasteiger partial charge in [-0.1, -0.05) is 27.5 Å². The lowest BCUT2D eigenvalue weighted by atomic mass is 10.2. The number of hydrogen-bond donors (Lipinski definition) is 1. The fourth-order valence-electron chi connectivity index (χ4n) is 2.51. The van der Waals surface area contributed by atoms with E-state index in [1.54, 1.807) is 18.2 Å². The Balaban J connectivity index is 2.27. The van der Waals surface area contributed by atoms with Crippen LogP contribution < -0.4 is 5.73 Å². The van der Waals surface area contributed by atoms with Gasteiger partial charge in [-0.15, -0.1) is 0 Å². The van der Waals surface area contributed by atoms with Crippen molar-refractivity contribution in [2.45, 2.75) is 11.4 Å². The smallest absolute Gasteiger partial charge is 0.289 e. The zero-order valence-electron chi connectivity index (χ0n) is 12.5. The van der Waals surface area contributed by atoms with E-state index in [1.165, 1.54) is 18.3 Å². The van der Waals surface area contributed by atoms with E-state index in [-0.39, 0.29) is 16.5 Å². The maximum absolute atomic E-state index is 13.0. The van der Waals surface area contributed by atoms with Crippen molar-refractivity contribution in [3.05, 3.63) is 67.8 Å². The molecule has 0 aliphatic carbocycles. The van der Waals surface area contributed by atoms with Gasteiger partial charge in [-0.05, 0) is 35.9 Å². The quantitative estimate of drug-likeness (QED) is 0.488. The first-order valence-electron chi connectivity index (χ1n) is 6.95. The fourth-order valence-corrected chi connectivity index (χ4v) is 4.47. The Morgan fingerprint density at radius 2 is 1.96 bits per heavy atom. The van der Waals surface area contributed by atoms with Crippen LogP contribution in [0, 0.1) is 10.1 Å². The zero-order chi connectivity index (χ0) is 18.4. The van der Waals surface area contributed by atoms with E-state index in [4.69, 9.17) is 17.3 Å². The lowest BCUT2D eigenvalue weighted by molar-refractivity contribution is -0.384. The standard InChI is InChI=1S/C15H11BrClN3O4S/c16-10-1-4-14-12(5-10)9(7-18)8-19(14)25(23,24)11-2-3-13(17)15(6-11)20(21)22/h1-6,8H,7,18H2. The van der Waals surface area contributed by atoms with Gasteiger partial charge in [-0.2, -0.15) is 0 Å². The molecule has 1 aromatic heterocycles. The molecule has 7 nitrogen and oxygen atoms in total. The summed E-state index contributed by atoms with van der Waals surface area (Å²) in [5.41, 5.74) is 6.32. The number of hydrogen-bond acceptors (Lipinski definition) is 5. The minimum Gasteiger partial charge on any atom is -0.326 e. The molecule has 0 spiro atoms. The Labute approximate surface area is 156 Å². The lowest BCUT2D eigenvalue weighted by Crippen LogP contribution is -2.12. The third-order valence-corrected chi connectivity index (χ3v) is 6.19. The van der Waals surface area contributed by atoms with Crippen molar-refractivity contribution in [2.75, 3.05) is 0 Å². The molecule has 3 aromatic rings. The number of benzene rings is 2. The van der Waals surface area contributed by atoms with E-state index in [9.17, 15) is 18.5 Å². The first-order valence-corrected chi connectivity index (χ1v) is 9.56. The molecule has 0 aliphatic heterocycles. The average molecular weight is 445 g/mol. The van der Waals surface area contributed by atoms with Gasteiger partial charge < -0.3 is 5.73 Å². The number of rotatable bonds is 4. The summed E-state index contributed by atoms with van der Waals surface area (Å²) in [7, 11) is -4.06. The molecule has 2 N–H and O–H groups in total. The summed E-state index contributed by atoms with van der Waals surface area (Å²) in [6.45, 7) is 0.149. The molecule has 3 rings (SSSR count). The minimum atomic E-state index is -4.06. The number of aromatic nitrogens is 1. The highest BCUT2D eigenvalue weighted by molar-refractivity contribution is 9.10. The van der Waals surface area contributed by atoms with Crippen LogP contribution in [0.3, 0.4) is 0 Å². The Morgan fingerprint density at radius 3 is 2.60 bits per heavy atom. The predicted octanol–water partition coefficient (Wildman–Crippen LogP) is 3.66. The highest BCUT2D eigenvalue weighted by atomic mass is 79.9. The minimum absolute atomic E-state index is 0.132. The number of nitro groups is 1. The van der Waals surface area contributed by atoms with Crippen LogP contribution in [0.5, 0.6) is 0 Å². The molecule has 0 saturated carbocycles. The van der Waals surface area contributed by atoms with Gasteiger partial charge in [-0.25, -0.2) is 12.4 Å². The number of nitro benzene ring substituents is 1. The van der Waals surface area contributed by atoms with Gasteiger partial charge in [-0.3, -0.25) is 10.1 Å². The summed E-state index contributed by atoms with van der Waals surface area (Å²) < 4.78 is 27.8. The molecule has 0 bridgehead atoms. The van der Waals surface area contributed by atoms with Crippen LogP contribution >= 0.6 is 27.5 Å². The van der Waals surface area contributed by atoms with E-state index in [1.807, 2.05) is 0 Å². The molecule has 0 radical (unpaired) electrons. The summed E-state index contributed by atoms with van der Waals surface area (Å²) in [6, 6.07) is 8.49. The third-order valence-electron chi connectivity index (χ3n) is 3.71. The van der Waals surface area contributed by atoms with Crippen LogP contribution in [0.15, 0.2) is 52.0 Å². The number of halogens is 2. The van der Waals surface area contributed by atoms with Crippen LogP contribution in [0.1, 0.15) is 5.56 Å². The maximum Gasteiger partial charge on any atom is 0.289 e. The van der Waals surface area contributed by atoms with Gasteiger partial charge in [0.1, 0.15) is 5.02 Å². The molecular formula is C15H11BrClN3O4S. The molecule has 2 aromatic carbocycles. The Hall–Kier alpha value is -1.94. The molecule has 1 heterocycles. The van der Waals surface area contributed by atoms with E-state index >= 15 is 0 Å². The van der Waals surface area contributed by atoms with Gasteiger partial charge in [0.2, 0.25) is 0 Å². The normalized spacial score (nSPS) is 11.8. The molecule has 0 aliphatic rings. The zero-order valence-corrected chi connectivity index (χ0v) is 15.7. The molecule has 130 valence electrons. The fraction of sp³-hybridized carbons (Fsp3) is 0.0667. The van der Waals surface area contributed by atoms with Crippen molar-refractivity contribution in [3.8, 4) is 0 Å². The Bertz CT molecular complexity index is 1110. The van der Waals surface area contributed by atoms with Gasteiger partial charge in [0.25, 0.3) is 15.7 Å². The van der Waals surface area contributed by atoms with Gasteiger partial charge in [0, 0.05) is 28.7 Å². The molecule has 0 fully saturated rings. The second kappa shape index (κ2) is 6.41. The molecular weight excluding hydrogens is 434 g/mol. The molecule has 10 heteroatoms. The van der Waals surface area contributed by atoms with Crippen LogP contribution in [0.2, 0.25) is 5.02 Å². The largest absolute Gasteiger partial charge is 0.326 e. The summed E-state index contributed by atoms with van der Waals surface area (Å²) in [5.74, 6) is 0. The summed E-state index contributed by atoms with van der Waals surface area (Å²) in [4.78, 5) is 10.1. The lowest BCUT2D eigenvalue weighted by Gasteiger charge is -2.08. The maximum atomic E-state index is 13.0. The van der Waals surface area contributed by atoms with Crippen molar-refractivity contribution in [1.82, 2.24) is 3.97 Å². The van der Waals surface area contributed by atoms with E-state index in [0.717, 1.165) is 14.5 Å². The topological polar surface area (TPSA) is 108 Å².